The predicted molar refractivity (Wildman–Crippen MR) is 129 cm³/mol. The van der Waals surface area contributed by atoms with Crippen LogP contribution in [0.3, 0.4) is 0 Å². The molecule has 2 atom stereocenters. The Kier molecular flexibility index (Phi) is 10.8. The van der Waals surface area contributed by atoms with E-state index < -0.39 is 8.32 Å². The number of aliphatic hydroxyl groups is 1. The van der Waals surface area contributed by atoms with E-state index in [2.05, 4.69) is 58.8 Å². The van der Waals surface area contributed by atoms with Crippen LogP contribution in [-0.4, -0.2) is 31.1 Å². The van der Waals surface area contributed by atoms with Gasteiger partial charge in [0.15, 0.2) is 8.32 Å². The van der Waals surface area contributed by atoms with Crippen molar-refractivity contribution in [2.75, 3.05) is 6.61 Å². The summed E-state index contributed by atoms with van der Waals surface area (Å²) in [6.45, 7) is 15.8. The van der Waals surface area contributed by atoms with Gasteiger partial charge in [0.05, 0.1) is 11.8 Å². The van der Waals surface area contributed by atoms with Crippen LogP contribution in [0.2, 0.25) is 18.1 Å². The van der Waals surface area contributed by atoms with Crippen LogP contribution >= 0.6 is 11.6 Å². The van der Waals surface area contributed by atoms with Crippen molar-refractivity contribution in [3.63, 3.8) is 0 Å². The van der Waals surface area contributed by atoms with Gasteiger partial charge in [-0.05, 0) is 74.9 Å². The minimum Gasteiger partial charge on any atom is -0.409 e. The Morgan fingerprint density at radius 3 is 2.55 bits per heavy atom. The summed E-state index contributed by atoms with van der Waals surface area (Å²) in [5.41, 5.74) is 2.20. The lowest BCUT2D eigenvalue weighted by atomic mass is 10.0. The van der Waals surface area contributed by atoms with Crippen molar-refractivity contribution in [3.8, 4) is 0 Å². The van der Waals surface area contributed by atoms with E-state index in [0.717, 1.165) is 31.4 Å². The van der Waals surface area contributed by atoms with Crippen molar-refractivity contribution in [2.45, 2.75) is 84.5 Å². The molecule has 0 aliphatic rings. The Labute approximate surface area is 184 Å². The second-order valence-corrected chi connectivity index (χ2v) is 14.8. The molecule has 0 fully saturated rings. The van der Waals surface area contributed by atoms with Gasteiger partial charge in [-0.15, -0.1) is 0 Å². The number of aliphatic hydroxyl groups excluding tert-OH is 1. The smallest absolute Gasteiger partial charge is 0.192 e. The second kappa shape index (κ2) is 12.0. The van der Waals surface area contributed by atoms with Crippen LogP contribution in [0.1, 0.15) is 66.0 Å². The Balaban J connectivity index is 2.93. The molecule has 29 heavy (non-hydrogen) atoms. The maximum Gasteiger partial charge on any atom is 0.192 e. The zero-order valence-electron chi connectivity index (χ0n) is 19.3. The monoisotopic (exact) mass is 437 g/mol. The van der Waals surface area contributed by atoms with Gasteiger partial charge in [0, 0.05) is 17.8 Å². The van der Waals surface area contributed by atoms with Gasteiger partial charge in [-0.3, -0.25) is 4.98 Å². The molecule has 5 heteroatoms. The molecule has 1 N–H and O–H groups in total. The SMILES string of the molecule is C/C(=C\C[C@H](O[Si](C)(C)C(C)(C)C)/C(Cl)=C/c1ccccn1)CCC[C@H](C)CO. The summed E-state index contributed by atoms with van der Waals surface area (Å²) >= 11 is 6.75. The third-order valence-electron chi connectivity index (χ3n) is 5.78. The first-order valence-electron chi connectivity index (χ1n) is 10.7. The average molecular weight is 438 g/mol. The lowest BCUT2D eigenvalue weighted by Crippen LogP contribution is -2.44. The highest BCUT2D eigenvalue weighted by Crippen LogP contribution is 2.39. The Bertz CT molecular complexity index is 665. The minimum absolute atomic E-state index is 0.118. The van der Waals surface area contributed by atoms with E-state index >= 15 is 0 Å². The van der Waals surface area contributed by atoms with E-state index in [-0.39, 0.29) is 17.7 Å². The van der Waals surface area contributed by atoms with E-state index in [1.807, 2.05) is 24.3 Å². The third kappa shape index (κ3) is 9.60. The van der Waals surface area contributed by atoms with Crippen LogP contribution < -0.4 is 0 Å². The molecule has 0 saturated heterocycles. The normalized spacial score (nSPS) is 16.0. The van der Waals surface area contributed by atoms with Crippen LogP contribution in [0, 0.1) is 5.92 Å². The Morgan fingerprint density at radius 2 is 2.00 bits per heavy atom. The van der Waals surface area contributed by atoms with Gasteiger partial charge in [-0.2, -0.15) is 0 Å². The highest BCUT2D eigenvalue weighted by Gasteiger charge is 2.39. The van der Waals surface area contributed by atoms with Crippen LogP contribution in [-0.2, 0) is 4.43 Å². The van der Waals surface area contributed by atoms with Gasteiger partial charge in [-0.1, -0.05) is 57.0 Å². The van der Waals surface area contributed by atoms with Gasteiger partial charge in [-0.25, -0.2) is 0 Å². The highest BCUT2D eigenvalue weighted by atomic mass is 35.5. The standard InChI is InChI=1S/C24H40ClNO2Si/c1-19(11-10-12-20(2)18-27)14-15-23(28-29(6,7)24(3,4)5)22(25)17-21-13-8-9-16-26-21/h8-9,13-14,16-17,20,23,27H,10-12,15,18H2,1-7H3/b19-14+,22-17-/t20-,23-/m0/s1. The van der Waals surface area contributed by atoms with Crippen LogP contribution in [0.4, 0.5) is 0 Å². The molecule has 1 heterocycles. The number of rotatable bonds is 11. The number of nitrogens with zero attached hydrogens (tertiary/aromatic N) is 1. The first-order valence-corrected chi connectivity index (χ1v) is 14.0. The molecule has 164 valence electrons. The molecule has 0 aliphatic carbocycles. The fourth-order valence-corrected chi connectivity index (χ4v) is 4.28. The summed E-state index contributed by atoms with van der Waals surface area (Å²) in [6.07, 6.45) is 9.74. The number of halogens is 1. The summed E-state index contributed by atoms with van der Waals surface area (Å²) in [6, 6.07) is 5.82. The van der Waals surface area contributed by atoms with Crippen molar-refractivity contribution in [1.82, 2.24) is 4.98 Å². The topological polar surface area (TPSA) is 42.4 Å². The highest BCUT2D eigenvalue weighted by molar-refractivity contribution is 6.74. The number of aromatic nitrogens is 1. The summed E-state index contributed by atoms with van der Waals surface area (Å²) in [5.74, 6) is 0.369. The minimum atomic E-state index is -1.97. The van der Waals surface area contributed by atoms with Crippen molar-refractivity contribution in [1.29, 1.82) is 0 Å². The largest absolute Gasteiger partial charge is 0.409 e. The molecule has 0 unspecified atom stereocenters. The maximum atomic E-state index is 9.18. The molecule has 0 radical (unpaired) electrons. The molecular weight excluding hydrogens is 398 g/mol. The lowest BCUT2D eigenvalue weighted by Gasteiger charge is -2.39. The zero-order valence-corrected chi connectivity index (χ0v) is 21.1. The molecule has 1 aromatic rings. The number of allylic oxidation sites excluding steroid dienone is 1. The number of pyridine rings is 1. The van der Waals surface area contributed by atoms with Crippen LogP contribution in [0.15, 0.2) is 41.1 Å². The van der Waals surface area contributed by atoms with Gasteiger partial charge in [0.1, 0.15) is 0 Å². The Hall–Kier alpha value is -0.943. The zero-order chi connectivity index (χ0) is 22.1. The van der Waals surface area contributed by atoms with E-state index in [0.29, 0.717) is 11.0 Å². The second-order valence-electron chi connectivity index (χ2n) is 9.62. The van der Waals surface area contributed by atoms with E-state index in [1.54, 1.807) is 6.20 Å². The van der Waals surface area contributed by atoms with Crippen molar-refractivity contribution in [2.24, 2.45) is 5.92 Å². The number of hydrogen-bond acceptors (Lipinski definition) is 3. The van der Waals surface area contributed by atoms with Crippen molar-refractivity contribution < 1.29 is 9.53 Å². The van der Waals surface area contributed by atoms with E-state index in [4.69, 9.17) is 16.0 Å². The predicted octanol–water partition coefficient (Wildman–Crippen LogP) is 7.19. The first kappa shape index (κ1) is 26.1. The fourth-order valence-electron chi connectivity index (χ4n) is 2.68. The average Bonchev–Trinajstić information content (AvgIpc) is 2.64. The number of hydrogen-bond donors (Lipinski definition) is 1. The lowest BCUT2D eigenvalue weighted by molar-refractivity contribution is 0.224. The molecule has 1 rings (SSSR count). The summed E-state index contributed by atoms with van der Waals surface area (Å²) < 4.78 is 6.68. The third-order valence-corrected chi connectivity index (χ3v) is 10.6. The van der Waals surface area contributed by atoms with Crippen LogP contribution in [0.5, 0.6) is 0 Å². The first-order chi connectivity index (χ1) is 13.5. The fraction of sp³-hybridized carbons (Fsp3) is 0.625. The molecular formula is C24H40ClNO2Si. The van der Waals surface area contributed by atoms with Crippen molar-refractivity contribution >= 4 is 26.0 Å². The van der Waals surface area contributed by atoms with Gasteiger partial charge in [0.2, 0.25) is 0 Å². The molecule has 0 bridgehead atoms. The molecule has 0 aliphatic heterocycles. The van der Waals surface area contributed by atoms with E-state index in [1.165, 1.54) is 5.57 Å². The molecule has 3 nitrogen and oxygen atoms in total. The van der Waals surface area contributed by atoms with Gasteiger partial charge >= 0.3 is 0 Å². The molecule has 1 aromatic heterocycles. The van der Waals surface area contributed by atoms with E-state index in [9.17, 15) is 5.11 Å². The maximum absolute atomic E-state index is 9.18. The van der Waals surface area contributed by atoms with Gasteiger partial charge in [0.25, 0.3) is 0 Å². The molecule has 0 aromatic carbocycles. The summed E-state index contributed by atoms with van der Waals surface area (Å²) in [7, 11) is -1.97. The van der Waals surface area contributed by atoms with Crippen molar-refractivity contribution in [3.05, 3.63) is 46.8 Å². The summed E-state index contributed by atoms with van der Waals surface area (Å²) in [4.78, 5) is 4.37. The van der Waals surface area contributed by atoms with Gasteiger partial charge < -0.3 is 9.53 Å². The summed E-state index contributed by atoms with van der Waals surface area (Å²) in [5, 5.41) is 10.00. The molecule has 0 amide bonds. The molecule has 0 spiro atoms. The van der Waals surface area contributed by atoms with Crippen LogP contribution in [0.25, 0.3) is 6.08 Å². The Morgan fingerprint density at radius 1 is 1.31 bits per heavy atom. The molecule has 0 saturated carbocycles. The quantitative estimate of drug-likeness (QED) is 0.294.